The predicted molar refractivity (Wildman–Crippen MR) is 82.7 cm³/mol. The van der Waals surface area contributed by atoms with Crippen molar-refractivity contribution in [3.05, 3.63) is 40.2 Å². The van der Waals surface area contributed by atoms with Crippen LogP contribution in [0.15, 0.2) is 24.4 Å². The lowest BCUT2D eigenvalue weighted by molar-refractivity contribution is -0.383. The number of pyridine rings is 1. The van der Waals surface area contributed by atoms with Gasteiger partial charge in [-0.1, -0.05) is 6.92 Å². The van der Waals surface area contributed by atoms with Gasteiger partial charge in [-0.2, -0.15) is 0 Å². The van der Waals surface area contributed by atoms with Gasteiger partial charge in [-0.25, -0.2) is 0 Å². The summed E-state index contributed by atoms with van der Waals surface area (Å²) in [6.45, 7) is 4.52. The molecule has 0 aliphatic rings. The summed E-state index contributed by atoms with van der Waals surface area (Å²) in [7, 11) is 1.66. The molecule has 6 nitrogen and oxygen atoms in total. The zero-order chi connectivity index (χ0) is 15.4. The number of nitrogens with one attached hydrogen (secondary N) is 1. The number of nitro groups is 1. The molecule has 112 valence electrons. The third kappa shape index (κ3) is 3.28. The zero-order valence-corrected chi connectivity index (χ0v) is 12.4. The second-order valence-electron chi connectivity index (χ2n) is 4.97. The summed E-state index contributed by atoms with van der Waals surface area (Å²) < 4.78 is 5.18. The molecule has 1 aromatic heterocycles. The fourth-order valence-electron chi connectivity index (χ4n) is 2.30. The molecule has 1 N–H and O–H groups in total. The van der Waals surface area contributed by atoms with Crippen LogP contribution in [0.4, 0.5) is 11.4 Å². The second-order valence-corrected chi connectivity index (χ2v) is 4.97. The van der Waals surface area contributed by atoms with Crippen LogP contribution >= 0.6 is 0 Å². The smallest absolute Gasteiger partial charge is 0.278 e. The highest BCUT2D eigenvalue weighted by molar-refractivity contribution is 5.99. The Morgan fingerprint density at radius 1 is 1.43 bits per heavy atom. The number of aryl methyl sites for hydroxylation is 1. The van der Waals surface area contributed by atoms with E-state index in [-0.39, 0.29) is 16.7 Å². The van der Waals surface area contributed by atoms with Gasteiger partial charge in [0.25, 0.3) is 5.69 Å². The van der Waals surface area contributed by atoms with E-state index >= 15 is 0 Å². The zero-order valence-electron chi connectivity index (χ0n) is 12.4. The van der Waals surface area contributed by atoms with E-state index in [1.54, 1.807) is 19.4 Å². The van der Waals surface area contributed by atoms with E-state index in [0.717, 1.165) is 23.2 Å². The van der Waals surface area contributed by atoms with Gasteiger partial charge < -0.3 is 10.1 Å². The van der Waals surface area contributed by atoms with E-state index in [9.17, 15) is 10.1 Å². The van der Waals surface area contributed by atoms with Crippen LogP contribution in [0.1, 0.15) is 19.0 Å². The van der Waals surface area contributed by atoms with Gasteiger partial charge in [-0.05, 0) is 25.5 Å². The molecule has 1 atom stereocenters. The lowest BCUT2D eigenvalue weighted by Gasteiger charge is -2.18. The maximum atomic E-state index is 11.1. The third-order valence-electron chi connectivity index (χ3n) is 3.43. The third-order valence-corrected chi connectivity index (χ3v) is 3.43. The van der Waals surface area contributed by atoms with Crippen molar-refractivity contribution in [2.75, 3.05) is 19.0 Å². The van der Waals surface area contributed by atoms with Crippen molar-refractivity contribution in [2.24, 2.45) is 0 Å². The van der Waals surface area contributed by atoms with Gasteiger partial charge in [-0.3, -0.25) is 15.1 Å². The van der Waals surface area contributed by atoms with E-state index in [1.807, 2.05) is 13.0 Å². The Kier molecular flexibility index (Phi) is 4.70. The molecule has 0 aliphatic heterocycles. The minimum absolute atomic E-state index is 0.0721. The number of hydrogen-bond donors (Lipinski definition) is 1. The first kappa shape index (κ1) is 15.2. The summed E-state index contributed by atoms with van der Waals surface area (Å²) in [5, 5.41) is 15.9. The molecular weight excluding hydrogens is 270 g/mol. The SMILES string of the molecule is CCC(COC)Nc1ccc([N+](=O)[O-])c2cnc(C)cc12. The van der Waals surface area contributed by atoms with Crippen molar-refractivity contribution in [1.29, 1.82) is 0 Å². The average molecular weight is 289 g/mol. The highest BCUT2D eigenvalue weighted by atomic mass is 16.6. The molecule has 0 fully saturated rings. The Labute approximate surface area is 123 Å². The van der Waals surface area contributed by atoms with E-state index < -0.39 is 0 Å². The lowest BCUT2D eigenvalue weighted by Crippen LogP contribution is -2.24. The van der Waals surface area contributed by atoms with Crippen molar-refractivity contribution >= 4 is 22.1 Å². The molecule has 1 unspecified atom stereocenters. The number of non-ortho nitro benzene ring substituents is 1. The minimum Gasteiger partial charge on any atom is -0.383 e. The van der Waals surface area contributed by atoms with Gasteiger partial charge in [-0.15, -0.1) is 0 Å². The molecule has 0 spiro atoms. The van der Waals surface area contributed by atoms with Crippen LogP contribution in [0.3, 0.4) is 0 Å². The number of methoxy groups -OCH3 is 1. The number of fused-ring (bicyclic) bond motifs is 1. The maximum Gasteiger partial charge on any atom is 0.278 e. The Morgan fingerprint density at radius 2 is 2.19 bits per heavy atom. The fraction of sp³-hybridized carbons (Fsp3) is 0.400. The Morgan fingerprint density at radius 3 is 2.81 bits per heavy atom. The highest BCUT2D eigenvalue weighted by Gasteiger charge is 2.16. The number of hydrogen-bond acceptors (Lipinski definition) is 5. The lowest BCUT2D eigenvalue weighted by atomic mass is 10.1. The molecule has 1 aromatic carbocycles. The van der Waals surface area contributed by atoms with Gasteiger partial charge in [0.1, 0.15) is 0 Å². The minimum atomic E-state index is -0.379. The standard InChI is InChI=1S/C15H19N3O3/c1-4-11(9-21-3)17-14-5-6-15(18(19)20)13-8-16-10(2)7-12(13)14/h5-8,11,17H,4,9H2,1-3H3. The largest absolute Gasteiger partial charge is 0.383 e. The molecule has 0 saturated carbocycles. The van der Waals surface area contributed by atoms with Crippen molar-refractivity contribution < 1.29 is 9.66 Å². The second kappa shape index (κ2) is 6.49. The Bertz CT molecular complexity index is 658. The Hall–Kier alpha value is -2.21. The van der Waals surface area contributed by atoms with Crippen LogP contribution in [-0.4, -0.2) is 29.7 Å². The molecule has 2 aromatic rings. The molecule has 1 heterocycles. The van der Waals surface area contributed by atoms with Gasteiger partial charge in [0.15, 0.2) is 0 Å². The number of aromatic nitrogens is 1. The summed E-state index contributed by atoms with van der Waals surface area (Å²) in [5.74, 6) is 0. The van der Waals surface area contributed by atoms with Gasteiger partial charge >= 0.3 is 0 Å². The van der Waals surface area contributed by atoms with Gasteiger partial charge in [0, 0.05) is 42.2 Å². The average Bonchev–Trinajstić information content (AvgIpc) is 2.46. The first-order valence-electron chi connectivity index (χ1n) is 6.86. The quantitative estimate of drug-likeness (QED) is 0.652. The van der Waals surface area contributed by atoms with Gasteiger partial charge in [0.05, 0.1) is 16.9 Å². The molecule has 0 amide bonds. The summed E-state index contributed by atoms with van der Waals surface area (Å²) in [4.78, 5) is 14.9. The van der Waals surface area contributed by atoms with Crippen LogP contribution in [0.2, 0.25) is 0 Å². The maximum absolute atomic E-state index is 11.1. The topological polar surface area (TPSA) is 77.3 Å². The normalized spacial score (nSPS) is 12.3. The number of nitro benzene ring substituents is 1. The monoisotopic (exact) mass is 289 g/mol. The fourth-order valence-corrected chi connectivity index (χ4v) is 2.30. The number of nitrogens with zero attached hydrogens (tertiary/aromatic N) is 2. The predicted octanol–water partition coefficient (Wildman–Crippen LogP) is 3.29. The van der Waals surface area contributed by atoms with Crippen molar-refractivity contribution in [2.45, 2.75) is 26.3 Å². The number of rotatable bonds is 6. The summed E-state index contributed by atoms with van der Waals surface area (Å²) in [5.41, 5.74) is 1.76. The van der Waals surface area contributed by atoms with Crippen LogP contribution in [0, 0.1) is 17.0 Å². The number of ether oxygens (including phenoxy) is 1. The summed E-state index contributed by atoms with van der Waals surface area (Å²) >= 11 is 0. The van der Waals surface area contributed by atoms with Crippen LogP contribution in [0.5, 0.6) is 0 Å². The molecule has 2 rings (SSSR count). The van der Waals surface area contributed by atoms with Crippen molar-refractivity contribution in [3.63, 3.8) is 0 Å². The van der Waals surface area contributed by atoms with Crippen LogP contribution < -0.4 is 5.32 Å². The van der Waals surface area contributed by atoms with Crippen LogP contribution in [0.25, 0.3) is 10.8 Å². The first-order chi connectivity index (χ1) is 10.1. The van der Waals surface area contributed by atoms with Crippen LogP contribution in [-0.2, 0) is 4.74 Å². The molecule has 21 heavy (non-hydrogen) atoms. The molecule has 0 bridgehead atoms. The molecule has 0 saturated heterocycles. The van der Waals surface area contributed by atoms with E-state index in [1.165, 1.54) is 6.07 Å². The Balaban J connectivity index is 2.51. The van der Waals surface area contributed by atoms with Crippen molar-refractivity contribution in [1.82, 2.24) is 4.98 Å². The highest BCUT2D eigenvalue weighted by Crippen LogP contribution is 2.31. The van der Waals surface area contributed by atoms with E-state index in [0.29, 0.717) is 12.0 Å². The first-order valence-corrected chi connectivity index (χ1v) is 6.86. The van der Waals surface area contributed by atoms with Crippen molar-refractivity contribution in [3.8, 4) is 0 Å². The summed E-state index contributed by atoms with van der Waals surface area (Å²) in [6, 6.07) is 5.29. The molecule has 0 aliphatic carbocycles. The van der Waals surface area contributed by atoms with E-state index in [2.05, 4.69) is 17.2 Å². The molecule has 6 heteroatoms. The molecule has 0 radical (unpaired) electrons. The number of benzene rings is 1. The summed E-state index contributed by atoms with van der Waals surface area (Å²) in [6.07, 6.45) is 2.46. The van der Waals surface area contributed by atoms with E-state index in [4.69, 9.17) is 4.74 Å². The van der Waals surface area contributed by atoms with Gasteiger partial charge in [0.2, 0.25) is 0 Å². The number of anilines is 1. The molecular formula is C15H19N3O3.